The fourth-order valence-corrected chi connectivity index (χ4v) is 4.05. The Balaban J connectivity index is 1.64. The highest BCUT2D eigenvalue weighted by Gasteiger charge is 2.26. The number of carbonyl (C=O) groups is 1. The van der Waals surface area contributed by atoms with Crippen LogP contribution in [-0.4, -0.2) is 33.7 Å². The van der Waals surface area contributed by atoms with Gasteiger partial charge in [-0.25, -0.2) is 13.1 Å². The lowest BCUT2D eigenvalue weighted by molar-refractivity contribution is -0.126. The molecule has 0 radical (unpaired) electrons. The van der Waals surface area contributed by atoms with E-state index in [1.54, 1.807) is 11.3 Å². The van der Waals surface area contributed by atoms with E-state index in [0.717, 1.165) is 32.1 Å². The van der Waals surface area contributed by atoms with Gasteiger partial charge in [0.1, 0.15) is 0 Å². The zero-order valence-corrected chi connectivity index (χ0v) is 14.5. The van der Waals surface area contributed by atoms with Gasteiger partial charge in [-0.15, -0.1) is 11.3 Å². The van der Waals surface area contributed by atoms with Crippen LogP contribution >= 0.6 is 11.3 Å². The highest BCUT2D eigenvalue weighted by Crippen LogP contribution is 2.28. The van der Waals surface area contributed by atoms with Crippen LogP contribution in [0.5, 0.6) is 0 Å². The first-order valence-electron chi connectivity index (χ1n) is 7.69. The molecule has 1 heterocycles. The van der Waals surface area contributed by atoms with Crippen molar-refractivity contribution in [1.82, 2.24) is 10.0 Å². The summed E-state index contributed by atoms with van der Waals surface area (Å²) in [5.74, 6) is 0.578. The summed E-state index contributed by atoms with van der Waals surface area (Å²) in [4.78, 5) is 13.4. The molecule has 1 aromatic heterocycles. The van der Waals surface area contributed by atoms with Gasteiger partial charge < -0.3 is 5.32 Å². The third kappa shape index (κ3) is 6.06. The topological polar surface area (TPSA) is 75.3 Å². The lowest BCUT2D eigenvalue weighted by Gasteiger charge is -2.27. The first kappa shape index (κ1) is 17.4. The number of carbonyl (C=O) groups excluding carboxylic acids is 1. The molecule has 22 heavy (non-hydrogen) atoms. The number of sulfonamides is 1. The normalized spacial score (nSPS) is 22.4. The highest BCUT2D eigenvalue weighted by molar-refractivity contribution is 7.88. The summed E-state index contributed by atoms with van der Waals surface area (Å²) in [7, 11) is -3.12. The second kappa shape index (κ2) is 8.08. The standard InChI is InChI=1S/C15H24N2O3S2/c1-22(19,20)17-11-12-4-6-13(7-5-12)15(18)16-9-8-14-3-2-10-21-14/h2-3,10,12-13,17H,4-9,11H2,1H3,(H,16,18). The number of nitrogens with one attached hydrogen (secondary N) is 2. The summed E-state index contributed by atoms with van der Waals surface area (Å²) in [6.45, 7) is 1.18. The number of hydrogen-bond donors (Lipinski definition) is 2. The predicted octanol–water partition coefficient (Wildman–Crippen LogP) is 1.76. The molecule has 1 saturated carbocycles. The summed E-state index contributed by atoms with van der Waals surface area (Å²) in [5, 5.41) is 5.06. The Hall–Kier alpha value is -0.920. The summed E-state index contributed by atoms with van der Waals surface area (Å²) < 4.78 is 24.7. The van der Waals surface area contributed by atoms with Gasteiger partial charge in [-0.05, 0) is 49.5 Å². The lowest BCUT2D eigenvalue weighted by atomic mass is 9.81. The molecule has 0 aliphatic heterocycles. The van der Waals surface area contributed by atoms with Crippen LogP contribution in [0.1, 0.15) is 30.6 Å². The van der Waals surface area contributed by atoms with Crippen molar-refractivity contribution in [1.29, 1.82) is 0 Å². The third-order valence-corrected chi connectivity index (χ3v) is 5.73. The smallest absolute Gasteiger partial charge is 0.223 e. The number of rotatable bonds is 7. The van der Waals surface area contributed by atoms with E-state index in [9.17, 15) is 13.2 Å². The first-order valence-corrected chi connectivity index (χ1v) is 10.5. The van der Waals surface area contributed by atoms with E-state index in [4.69, 9.17) is 0 Å². The van der Waals surface area contributed by atoms with E-state index in [2.05, 4.69) is 16.1 Å². The average Bonchev–Trinajstić information content (AvgIpc) is 2.98. The zero-order chi connectivity index (χ0) is 16.0. The number of amides is 1. The van der Waals surface area contributed by atoms with E-state index >= 15 is 0 Å². The quantitative estimate of drug-likeness (QED) is 0.791. The van der Waals surface area contributed by atoms with Crippen LogP contribution in [-0.2, 0) is 21.2 Å². The van der Waals surface area contributed by atoms with Crippen LogP contribution in [0.2, 0.25) is 0 Å². The molecular weight excluding hydrogens is 320 g/mol. The molecule has 0 aromatic carbocycles. The summed E-state index contributed by atoms with van der Waals surface area (Å²) in [5.41, 5.74) is 0. The fraction of sp³-hybridized carbons (Fsp3) is 0.667. The molecule has 124 valence electrons. The van der Waals surface area contributed by atoms with Gasteiger partial charge in [-0.1, -0.05) is 6.07 Å². The Bertz CT molecular complexity index is 562. The van der Waals surface area contributed by atoms with E-state index in [1.165, 1.54) is 11.1 Å². The molecule has 1 amide bonds. The Labute approximate surface area is 136 Å². The maximum absolute atomic E-state index is 12.1. The molecule has 0 saturated heterocycles. The number of thiophene rings is 1. The maximum Gasteiger partial charge on any atom is 0.223 e. The SMILES string of the molecule is CS(=O)(=O)NCC1CCC(C(=O)NCCc2cccs2)CC1. The Kier molecular flexibility index (Phi) is 6.40. The molecule has 1 aliphatic carbocycles. The maximum atomic E-state index is 12.1. The van der Waals surface area contributed by atoms with E-state index in [-0.39, 0.29) is 11.8 Å². The van der Waals surface area contributed by atoms with Crippen LogP contribution in [0, 0.1) is 11.8 Å². The third-order valence-electron chi connectivity index (χ3n) is 4.10. The summed E-state index contributed by atoms with van der Waals surface area (Å²) in [6.07, 6.45) is 5.58. The highest BCUT2D eigenvalue weighted by atomic mass is 32.2. The minimum absolute atomic E-state index is 0.0813. The van der Waals surface area contributed by atoms with E-state index in [0.29, 0.717) is 19.0 Å². The van der Waals surface area contributed by atoms with Crippen molar-refractivity contribution in [2.75, 3.05) is 19.3 Å². The van der Waals surface area contributed by atoms with Crippen molar-refractivity contribution in [2.45, 2.75) is 32.1 Å². The first-order chi connectivity index (χ1) is 10.4. The minimum Gasteiger partial charge on any atom is -0.356 e. The van der Waals surface area contributed by atoms with Gasteiger partial charge in [0, 0.05) is 23.9 Å². The molecule has 2 rings (SSSR count). The van der Waals surface area contributed by atoms with E-state index < -0.39 is 10.0 Å². The van der Waals surface area contributed by atoms with Crippen molar-refractivity contribution >= 4 is 27.3 Å². The molecule has 2 N–H and O–H groups in total. The molecular formula is C15H24N2O3S2. The Morgan fingerprint density at radius 1 is 1.32 bits per heavy atom. The van der Waals surface area contributed by atoms with Crippen molar-refractivity contribution in [3.63, 3.8) is 0 Å². The van der Waals surface area contributed by atoms with Crippen molar-refractivity contribution in [2.24, 2.45) is 11.8 Å². The molecule has 0 atom stereocenters. The number of hydrogen-bond acceptors (Lipinski definition) is 4. The zero-order valence-electron chi connectivity index (χ0n) is 12.9. The Morgan fingerprint density at radius 2 is 2.05 bits per heavy atom. The van der Waals surface area contributed by atoms with Crippen LogP contribution in [0.15, 0.2) is 17.5 Å². The van der Waals surface area contributed by atoms with Crippen LogP contribution in [0.3, 0.4) is 0 Å². The molecule has 5 nitrogen and oxygen atoms in total. The molecule has 1 aliphatic rings. The van der Waals surface area contributed by atoms with E-state index in [1.807, 2.05) is 11.4 Å². The van der Waals surface area contributed by atoms with Gasteiger partial charge >= 0.3 is 0 Å². The molecule has 7 heteroatoms. The van der Waals surface area contributed by atoms with Crippen LogP contribution in [0.4, 0.5) is 0 Å². The fourth-order valence-electron chi connectivity index (χ4n) is 2.81. The van der Waals surface area contributed by atoms with Gasteiger partial charge in [0.25, 0.3) is 0 Å². The minimum atomic E-state index is -3.12. The summed E-state index contributed by atoms with van der Waals surface area (Å²) >= 11 is 1.71. The molecule has 0 unspecified atom stereocenters. The van der Waals surface area contributed by atoms with Crippen LogP contribution in [0.25, 0.3) is 0 Å². The van der Waals surface area contributed by atoms with Gasteiger partial charge in [-0.2, -0.15) is 0 Å². The molecule has 0 bridgehead atoms. The second-order valence-electron chi connectivity index (χ2n) is 5.96. The van der Waals surface area contributed by atoms with Crippen molar-refractivity contribution in [3.05, 3.63) is 22.4 Å². The van der Waals surface area contributed by atoms with Gasteiger partial charge in [0.15, 0.2) is 0 Å². The Morgan fingerprint density at radius 3 is 2.64 bits per heavy atom. The van der Waals surface area contributed by atoms with Crippen molar-refractivity contribution in [3.8, 4) is 0 Å². The monoisotopic (exact) mass is 344 g/mol. The molecule has 0 spiro atoms. The van der Waals surface area contributed by atoms with Gasteiger partial charge in [0.05, 0.1) is 6.26 Å². The lowest BCUT2D eigenvalue weighted by Crippen LogP contribution is -2.36. The van der Waals surface area contributed by atoms with Gasteiger partial charge in [-0.3, -0.25) is 4.79 Å². The second-order valence-corrected chi connectivity index (χ2v) is 8.82. The summed E-state index contributed by atoms with van der Waals surface area (Å²) in [6, 6.07) is 4.10. The van der Waals surface area contributed by atoms with Gasteiger partial charge in [0.2, 0.25) is 15.9 Å². The van der Waals surface area contributed by atoms with Crippen LogP contribution < -0.4 is 10.0 Å². The molecule has 1 aromatic rings. The largest absolute Gasteiger partial charge is 0.356 e. The molecule has 1 fully saturated rings. The van der Waals surface area contributed by atoms with Crippen molar-refractivity contribution < 1.29 is 13.2 Å². The predicted molar refractivity (Wildman–Crippen MR) is 89.3 cm³/mol. The average molecular weight is 345 g/mol.